The highest BCUT2D eigenvalue weighted by Gasteiger charge is 2.13. The second kappa shape index (κ2) is 8.55. The molecule has 0 saturated heterocycles. The summed E-state index contributed by atoms with van der Waals surface area (Å²) in [6.45, 7) is 10.3. The summed E-state index contributed by atoms with van der Waals surface area (Å²) in [5.41, 5.74) is 6.88. The molecule has 0 unspecified atom stereocenters. The molecule has 0 fully saturated rings. The Bertz CT molecular complexity index is 1230. The summed E-state index contributed by atoms with van der Waals surface area (Å²) in [6, 6.07) is 13.6. The number of carbonyl (C=O) groups is 1. The van der Waals surface area contributed by atoms with Crippen molar-refractivity contribution in [2.24, 2.45) is 0 Å². The van der Waals surface area contributed by atoms with Gasteiger partial charge in [-0.15, -0.1) is 10.2 Å². The Labute approximate surface area is 181 Å². The Kier molecular flexibility index (Phi) is 5.66. The van der Waals surface area contributed by atoms with E-state index in [0.29, 0.717) is 11.3 Å². The van der Waals surface area contributed by atoms with Crippen molar-refractivity contribution >= 4 is 28.3 Å². The second-order valence-corrected chi connectivity index (χ2v) is 7.48. The molecule has 0 spiro atoms. The fourth-order valence-electron chi connectivity index (χ4n) is 3.65. The molecule has 0 atom stereocenters. The molecular weight excluding hydrogens is 388 g/mol. The first kappa shape index (κ1) is 20.5. The molecule has 2 aromatic carbocycles. The van der Waals surface area contributed by atoms with Crippen LogP contribution >= 0.6 is 0 Å². The van der Waals surface area contributed by atoms with Crippen LogP contribution in [0.5, 0.6) is 0 Å². The molecule has 31 heavy (non-hydrogen) atoms. The van der Waals surface area contributed by atoms with Crippen LogP contribution < -0.4 is 10.2 Å². The lowest BCUT2D eigenvalue weighted by atomic mass is 10.1. The van der Waals surface area contributed by atoms with Crippen molar-refractivity contribution in [3.63, 3.8) is 0 Å². The Morgan fingerprint density at radius 2 is 1.74 bits per heavy atom. The van der Waals surface area contributed by atoms with Crippen LogP contribution in [-0.2, 0) is 0 Å². The van der Waals surface area contributed by atoms with E-state index >= 15 is 0 Å². The Morgan fingerprint density at radius 1 is 1.00 bits per heavy atom. The van der Waals surface area contributed by atoms with Crippen LogP contribution in [0.4, 0.5) is 11.4 Å². The van der Waals surface area contributed by atoms with Gasteiger partial charge in [0, 0.05) is 36.9 Å². The maximum atomic E-state index is 12.5. The molecule has 7 heteroatoms. The molecule has 158 valence electrons. The van der Waals surface area contributed by atoms with Gasteiger partial charge in [-0.1, -0.05) is 0 Å². The third-order valence-corrected chi connectivity index (χ3v) is 5.42. The number of carbonyl (C=O) groups excluding carboxylic acids is 1. The lowest BCUT2D eigenvalue weighted by Crippen LogP contribution is -2.21. The number of hydrogen-bond acceptors (Lipinski definition) is 5. The zero-order chi connectivity index (χ0) is 22.0. The van der Waals surface area contributed by atoms with Gasteiger partial charge >= 0.3 is 0 Å². The number of rotatable bonds is 6. The van der Waals surface area contributed by atoms with Crippen molar-refractivity contribution in [3.05, 3.63) is 71.5 Å². The van der Waals surface area contributed by atoms with E-state index in [2.05, 4.69) is 64.4 Å². The molecule has 4 aromatic rings. The van der Waals surface area contributed by atoms with Crippen molar-refractivity contribution in [1.82, 2.24) is 20.0 Å². The summed E-state index contributed by atoms with van der Waals surface area (Å²) >= 11 is 0. The van der Waals surface area contributed by atoms with Crippen LogP contribution in [0, 0.1) is 13.8 Å². The van der Waals surface area contributed by atoms with Gasteiger partial charge in [0.25, 0.3) is 5.91 Å². The van der Waals surface area contributed by atoms with Crippen molar-refractivity contribution < 1.29 is 4.79 Å². The molecule has 0 radical (unpaired) electrons. The highest BCUT2D eigenvalue weighted by molar-refractivity contribution is 6.05. The molecular formula is C24H26N6O. The van der Waals surface area contributed by atoms with Gasteiger partial charge < -0.3 is 10.2 Å². The van der Waals surface area contributed by atoms with Crippen molar-refractivity contribution in [2.75, 3.05) is 23.3 Å². The SMILES string of the molecule is CCN(CC)c1ccc(-n2nc3cc(C)c(NC(=O)c4cccnc4)cc3n2)c(C)c1. The number of pyridine rings is 1. The largest absolute Gasteiger partial charge is 0.372 e. The van der Waals surface area contributed by atoms with E-state index in [-0.39, 0.29) is 5.91 Å². The number of nitrogens with zero attached hydrogens (tertiary/aromatic N) is 5. The van der Waals surface area contributed by atoms with E-state index in [4.69, 9.17) is 0 Å². The Morgan fingerprint density at radius 3 is 2.39 bits per heavy atom. The van der Waals surface area contributed by atoms with Gasteiger partial charge in [0.15, 0.2) is 0 Å². The minimum Gasteiger partial charge on any atom is -0.372 e. The number of amides is 1. The van der Waals surface area contributed by atoms with E-state index < -0.39 is 0 Å². The predicted octanol–water partition coefficient (Wildman–Crippen LogP) is 4.53. The van der Waals surface area contributed by atoms with Gasteiger partial charge in [-0.2, -0.15) is 4.80 Å². The highest BCUT2D eigenvalue weighted by atomic mass is 16.1. The second-order valence-electron chi connectivity index (χ2n) is 7.48. The molecule has 2 heterocycles. The Hall–Kier alpha value is -3.74. The van der Waals surface area contributed by atoms with Crippen molar-refractivity contribution in [2.45, 2.75) is 27.7 Å². The van der Waals surface area contributed by atoms with Crippen LogP contribution in [-0.4, -0.2) is 39.0 Å². The van der Waals surface area contributed by atoms with E-state index in [1.165, 1.54) is 5.69 Å². The van der Waals surface area contributed by atoms with Crippen molar-refractivity contribution in [1.29, 1.82) is 0 Å². The number of fused-ring (bicyclic) bond motifs is 1. The lowest BCUT2D eigenvalue weighted by Gasteiger charge is -2.22. The standard InChI is InChI=1S/C24H26N6O/c1-5-29(6-2)19-9-10-23(17(4)12-19)30-27-21-13-16(3)20(14-22(21)28-30)26-24(31)18-8-7-11-25-15-18/h7-15H,5-6H2,1-4H3,(H,26,31). The molecule has 7 nitrogen and oxygen atoms in total. The summed E-state index contributed by atoms with van der Waals surface area (Å²) in [5.74, 6) is -0.203. The topological polar surface area (TPSA) is 75.9 Å². The number of nitrogens with one attached hydrogen (secondary N) is 1. The summed E-state index contributed by atoms with van der Waals surface area (Å²) in [4.78, 5) is 20.5. The molecule has 0 aliphatic carbocycles. The summed E-state index contributed by atoms with van der Waals surface area (Å²) in [6.07, 6.45) is 3.19. The number of aryl methyl sites for hydroxylation is 2. The number of anilines is 2. The summed E-state index contributed by atoms with van der Waals surface area (Å²) < 4.78 is 0. The van der Waals surface area contributed by atoms with Crippen LogP contribution in [0.2, 0.25) is 0 Å². The van der Waals surface area contributed by atoms with E-state index in [9.17, 15) is 4.79 Å². The third-order valence-electron chi connectivity index (χ3n) is 5.42. The van der Waals surface area contributed by atoms with Gasteiger partial charge in [-0.25, -0.2) is 0 Å². The zero-order valence-corrected chi connectivity index (χ0v) is 18.3. The van der Waals surface area contributed by atoms with Crippen LogP contribution in [0.15, 0.2) is 54.9 Å². The molecule has 0 aliphatic rings. The van der Waals surface area contributed by atoms with Gasteiger partial charge in [-0.3, -0.25) is 9.78 Å². The summed E-state index contributed by atoms with van der Waals surface area (Å²) in [5, 5.41) is 12.3. The molecule has 1 amide bonds. The van der Waals surface area contributed by atoms with Gasteiger partial charge in [-0.05, 0) is 81.3 Å². The summed E-state index contributed by atoms with van der Waals surface area (Å²) in [7, 11) is 0. The molecule has 0 bridgehead atoms. The predicted molar refractivity (Wildman–Crippen MR) is 124 cm³/mol. The first-order valence-electron chi connectivity index (χ1n) is 10.4. The lowest BCUT2D eigenvalue weighted by molar-refractivity contribution is 0.102. The van der Waals surface area contributed by atoms with Gasteiger partial charge in [0.2, 0.25) is 0 Å². The van der Waals surface area contributed by atoms with E-state index in [1.54, 1.807) is 29.3 Å². The van der Waals surface area contributed by atoms with Gasteiger partial charge in [0.1, 0.15) is 11.0 Å². The van der Waals surface area contributed by atoms with Crippen LogP contribution in [0.25, 0.3) is 16.7 Å². The quantitative estimate of drug-likeness (QED) is 0.502. The van der Waals surface area contributed by atoms with E-state index in [1.807, 2.05) is 19.1 Å². The first-order valence-corrected chi connectivity index (χ1v) is 10.4. The molecule has 1 N–H and O–H groups in total. The monoisotopic (exact) mass is 414 g/mol. The first-order chi connectivity index (χ1) is 15.0. The van der Waals surface area contributed by atoms with E-state index in [0.717, 1.165) is 40.9 Å². The van der Waals surface area contributed by atoms with Crippen LogP contribution in [0.3, 0.4) is 0 Å². The fraction of sp³-hybridized carbons (Fsp3) is 0.250. The third kappa shape index (κ3) is 4.12. The zero-order valence-electron chi connectivity index (χ0n) is 18.3. The number of aromatic nitrogens is 4. The molecule has 0 aliphatic heterocycles. The normalized spacial score (nSPS) is 11.0. The van der Waals surface area contributed by atoms with Crippen molar-refractivity contribution in [3.8, 4) is 5.69 Å². The maximum absolute atomic E-state index is 12.5. The smallest absolute Gasteiger partial charge is 0.257 e. The fourth-order valence-corrected chi connectivity index (χ4v) is 3.65. The van der Waals surface area contributed by atoms with Crippen LogP contribution in [0.1, 0.15) is 35.3 Å². The van der Waals surface area contributed by atoms with Gasteiger partial charge in [0.05, 0.1) is 11.3 Å². The maximum Gasteiger partial charge on any atom is 0.257 e. The average Bonchev–Trinajstić information content (AvgIpc) is 3.17. The Balaban J connectivity index is 1.65. The number of benzene rings is 2. The molecule has 2 aromatic heterocycles. The highest BCUT2D eigenvalue weighted by Crippen LogP contribution is 2.25. The average molecular weight is 415 g/mol. The number of hydrogen-bond donors (Lipinski definition) is 1. The molecule has 4 rings (SSSR count). The molecule has 0 saturated carbocycles. The minimum atomic E-state index is -0.203. The minimum absolute atomic E-state index is 0.203.